The molecule has 0 fully saturated rings. The first kappa shape index (κ1) is 18.8. The number of rotatable bonds is 2. The van der Waals surface area contributed by atoms with Crippen LogP contribution in [0.5, 0.6) is 0 Å². The Morgan fingerprint density at radius 3 is 1.76 bits per heavy atom. The molecule has 0 aromatic heterocycles. The van der Waals surface area contributed by atoms with Crippen molar-refractivity contribution in [1.29, 1.82) is 0 Å². The van der Waals surface area contributed by atoms with Gasteiger partial charge in [-0.25, -0.2) is 4.79 Å². The van der Waals surface area contributed by atoms with Crippen LogP contribution >= 0.6 is 0 Å². The van der Waals surface area contributed by atoms with Crippen LogP contribution < -0.4 is 0 Å². The molecule has 0 amide bonds. The standard InChI is InChI=1S/C11H12O3.CH4O.Y/c1-6-4-7(2)10(11(13)14)5-9(6)8(3)12;1-2;/h4-5H,1-3H3,(H,13,14);2H,1H3;. The maximum Gasteiger partial charge on any atom is 0.335 e. The van der Waals surface area contributed by atoms with Gasteiger partial charge < -0.3 is 10.2 Å². The molecule has 0 aliphatic heterocycles. The van der Waals surface area contributed by atoms with Gasteiger partial charge in [0.15, 0.2) is 5.78 Å². The smallest absolute Gasteiger partial charge is 0.335 e. The molecule has 0 spiro atoms. The SMILES string of the molecule is CC(=O)c1cc(C(=O)O)c(C)cc1C.CO.[Y]. The van der Waals surface area contributed by atoms with Gasteiger partial charge in [0.25, 0.3) is 0 Å². The number of aryl methyl sites for hydroxylation is 2. The Bertz CT molecular complexity index is 378. The summed E-state index contributed by atoms with van der Waals surface area (Å²) in [6.07, 6.45) is 0. The summed E-state index contributed by atoms with van der Waals surface area (Å²) in [4.78, 5) is 22.0. The van der Waals surface area contributed by atoms with Crippen LogP contribution in [0.3, 0.4) is 0 Å². The van der Waals surface area contributed by atoms with Crippen molar-refractivity contribution < 1.29 is 52.5 Å². The van der Waals surface area contributed by atoms with E-state index in [0.717, 1.165) is 12.7 Å². The van der Waals surface area contributed by atoms with Crippen LogP contribution in [0.4, 0.5) is 0 Å². The second-order valence-corrected chi connectivity index (χ2v) is 3.34. The van der Waals surface area contributed by atoms with Gasteiger partial charge in [-0.1, -0.05) is 6.07 Å². The van der Waals surface area contributed by atoms with Crippen molar-refractivity contribution in [3.63, 3.8) is 0 Å². The molecule has 0 atom stereocenters. The van der Waals surface area contributed by atoms with E-state index in [9.17, 15) is 9.59 Å². The van der Waals surface area contributed by atoms with Crippen molar-refractivity contribution in [2.45, 2.75) is 20.8 Å². The molecule has 4 nitrogen and oxygen atoms in total. The van der Waals surface area contributed by atoms with Gasteiger partial charge in [-0.15, -0.1) is 0 Å². The minimum Gasteiger partial charge on any atom is -0.478 e. The predicted octanol–water partition coefficient (Wildman–Crippen LogP) is 1.81. The summed E-state index contributed by atoms with van der Waals surface area (Å²) in [5.74, 6) is -1.10. The zero-order chi connectivity index (χ0) is 12.9. The second-order valence-electron chi connectivity index (χ2n) is 3.34. The molecule has 0 heterocycles. The Hall–Kier alpha value is -0.576. The number of hydrogen-bond donors (Lipinski definition) is 2. The Balaban J connectivity index is 0. The number of aromatic carboxylic acids is 1. The van der Waals surface area contributed by atoms with E-state index in [1.807, 2.05) is 0 Å². The second kappa shape index (κ2) is 8.51. The fraction of sp³-hybridized carbons (Fsp3) is 0.333. The van der Waals surface area contributed by atoms with Gasteiger partial charge >= 0.3 is 5.97 Å². The average Bonchev–Trinajstić information content (AvgIpc) is 2.19. The summed E-state index contributed by atoms with van der Waals surface area (Å²) in [5.41, 5.74) is 2.17. The third-order valence-corrected chi connectivity index (χ3v) is 2.18. The van der Waals surface area contributed by atoms with Crippen molar-refractivity contribution in [3.05, 3.63) is 34.4 Å². The first-order chi connectivity index (χ1) is 7.43. The molecule has 5 heteroatoms. The minimum atomic E-state index is -0.995. The summed E-state index contributed by atoms with van der Waals surface area (Å²) in [7, 11) is 1.00. The van der Waals surface area contributed by atoms with Crippen LogP contribution in [0, 0.1) is 13.8 Å². The summed E-state index contributed by atoms with van der Waals surface area (Å²) in [5, 5.41) is 15.9. The first-order valence-corrected chi connectivity index (χ1v) is 4.73. The predicted molar refractivity (Wildman–Crippen MR) is 61.0 cm³/mol. The van der Waals surface area contributed by atoms with Crippen molar-refractivity contribution in [1.82, 2.24) is 0 Å². The molecule has 91 valence electrons. The summed E-state index contributed by atoms with van der Waals surface area (Å²) in [6.45, 7) is 4.96. The van der Waals surface area contributed by atoms with Crippen LogP contribution in [0.15, 0.2) is 12.1 Å². The number of carboxylic acid groups (broad SMARTS) is 1. The van der Waals surface area contributed by atoms with Gasteiger partial charge in [0, 0.05) is 45.4 Å². The molecule has 0 aliphatic carbocycles. The molecule has 0 saturated carbocycles. The number of carbonyl (C=O) groups is 2. The molecular weight excluding hydrogens is 297 g/mol. The van der Waals surface area contributed by atoms with E-state index < -0.39 is 5.97 Å². The maximum atomic E-state index is 11.2. The Kier molecular flexibility index (Phi) is 9.40. The van der Waals surface area contributed by atoms with Gasteiger partial charge in [-0.3, -0.25) is 4.79 Å². The van der Waals surface area contributed by atoms with Crippen molar-refractivity contribution in [2.75, 3.05) is 7.11 Å². The molecule has 1 radical (unpaired) electrons. The zero-order valence-corrected chi connectivity index (χ0v) is 13.3. The van der Waals surface area contributed by atoms with E-state index in [1.54, 1.807) is 19.9 Å². The third kappa shape index (κ3) is 5.07. The summed E-state index contributed by atoms with van der Waals surface area (Å²) < 4.78 is 0. The number of ketones is 1. The molecular formula is C12H16O4Y. The molecule has 1 aromatic rings. The number of Topliss-reactive ketones (excluding diaryl/α,β-unsaturated/α-hetero) is 1. The van der Waals surface area contributed by atoms with Crippen LogP contribution in [-0.4, -0.2) is 29.1 Å². The summed E-state index contributed by atoms with van der Waals surface area (Å²) in [6, 6.07) is 3.16. The minimum absolute atomic E-state index is 0. The van der Waals surface area contributed by atoms with E-state index >= 15 is 0 Å². The van der Waals surface area contributed by atoms with E-state index in [-0.39, 0.29) is 44.1 Å². The molecule has 0 bridgehead atoms. The molecule has 0 aliphatic rings. The molecule has 0 saturated heterocycles. The van der Waals surface area contributed by atoms with E-state index in [4.69, 9.17) is 10.2 Å². The Morgan fingerprint density at radius 2 is 1.41 bits per heavy atom. The van der Waals surface area contributed by atoms with E-state index in [2.05, 4.69) is 0 Å². The number of hydrogen-bond acceptors (Lipinski definition) is 3. The van der Waals surface area contributed by atoms with Gasteiger partial charge in [-0.2, -0.15) is 0 Å². The van der Waals surface area contributed by atoms with Gasteiger partial charge in [0.05, 0.1) is 5.56 Å². The Labute approximate surface area is 126 Å². The quantitative estimate of drug-likeness (QED) is 0.817. The molecule has 1 rings (SSSR count). The number of carbonyl (C=O) groups excluding carboxylic acids is 1. The van der Waals surface area contributed by atoms with Gasteiger partial charge in [0.1, 0.15) is 0 Å². The topological polar surface area (TPSA) is 74.6 Å². The fourth-order valence-electron chi connectivity index (χ4n) is 1.46. The number of aliphatic hydroxyl groups excluding tert-OH is 1. The van der Waals surface area contributed by atoms with Crippen LogP contribution in [0.1, 0.15) is 38.8 Å². The number of aliphatic hydroxyl groups is 1. The maximum absolute atomic E-state index is 11.2. The van der Waals surface area contributed by atoms with Crippen molar-refractivity contribution >= 4 is 11.8 Å². The molecule has 17 heavy (non-hydrogen) atoms. The first-order valence-electron chi connectivity index (χ1n) is 4.73. The average molecular weight is 313 g/mol. The number of benzene rings is 1. The monoisotopic (exact) mass is 313 g/mol. The largest absolute Gasteiger partial charge is 0.478 e. The Morgan fingerprint density at radius 1 is 1.00 bits per heavy atom. The van der Waals surface area contributed by atoms with Crippen LogP contribution in [0.2, 0.25) is 0 Å². The number of carboxylic acids is 1. The normalized spacial score (nSPS) is 8.53. The molecule has 0 unspecified atom stereocenters. The van der Waals surface area contributed by atoms with Crippen LogP contribution in [0.25, 0.3) is 0 Å². The third-order valence-electron chi connectivity index (χ3n) is 2.18. The molecule has 2 N–H and O–H groups in total. The van der Waals surface area contributed by atoms with Gasteiger partial charge in [0.2, 0.25) is 0 Å². The zero-order valence-electron chi connectivity index (χ0n) is 10.4. The van der Waals surface area contributed by atoms with Gasteiger partial charge in [-0.05, 0) is 38.0 Å². The van der Waals surface area contributed by atoms with E-state index in [0.29, 0.717) is 11.1 Å². The van der Waals surface area contributed by atoms with Crippen LogP contribution in [-0.2, 0) is 32.7 Å². The van der Waals surface area contributed by atoms with Crippen molar-refractivity contribution in [3.8, 4) is 0 Å². The molecule has 1 aromatic carbocycles. The fourth-order valence-corrected chi connectivity index (χ4v) is 1.46. The van der Waals surface area contributed by atoms with Crippen molar-refractivity contribution in [2.24, 2.45) is 0 Å². The van der Waals surface area contributed by atoms with E-state index in [1.165, 1.54) is 13.0 Å². The summed E-state index contributed by atoms with van der Waals surface area (Å²) >= 11 is 0.